The van der Waals surface area contributed by atoms with Crippen LogP contribution in [0.5, 0.6) is 0 Å². The molecule has 0 aromatic rings. The molecule has 0 aliphatic rings. The van der Waals surface area contributed by atoms with Crippen molar-refractivity contribution in [3.8, 4) is 0 Å². The van der Waals surface area contributed by atoms with E-state index < -0.39 is 0 Å². The highest BCUT2D eigenvalue weighted by Gasteiger charge is 2.14. The minimum atomic E-state index is -0.0983. The van der Waals surface area contributed by atoms with E-state index in [9.17, 15) is 0 Å². The average molecular weight is 278 g/mol. The molecule has 0 aromatic heterocycles. The molecule has 0 amide bonds. The van der Waals surface area contributed by atoms with Gasteiger partial charge in [-0.05, 0) is 40.5 Å². The SMILES string of the molecule is CC(C)OC(CCO)COCC(CCO)OC(C)C. The number of rotatable bonds is 12. The number of ether oxygens (including phenoxy) is 3. The molecule has 0 aliphatic carbocycles. The average Bonchev–Trinajstić information content (AvgIpc) is 2.27. The van der Waals surface area contributed by atoms with Crippen LogP contribution in [0.15, 0.2) is 0 Å². The first-order chi connectivity index (χ1) is 8.99. The lowest BCUT2D eigenvalue weighted by Crippen LogP contribution is -2.29. The molecule has 0 aliphatic heterocycles. The summed E-state index contributed by atoms with van der Waals surface area (Å²) < 4.78 is 16.9. The van der Waals surface area contributed by atoms with E-state index in [1.807, 2.05) is 27.7 Å². The van der Waals surface area contributed by atoms with Gasteiger partial charge in [-0.1, -0.05) is 0 Å². The second kappa shape index (κ2) is 11.6. The molecule has 0 fully saturated rings. The van der Waals surface area contributed by atoms with Crippen molar-refractivity contribution in [3.63, 3.8) is 0 Å². The second-order valence-corrected chi connectivity index (χ2v) is 5.18. The molecule has 2 N–H and O–H groups in total. The predicted molar refractivity (Wildman–Crippen MR) is 74.2 cm³/mol. The van der Waals surface area contributed by atoms with E-state index in [1.54, 1.807) is 0 Å². The van der Waals surface area contributed by atoms with Gasteiger partial charge in [0.15, 0.2) is 0 Å². The van der Waals surface area contributed by atoms with E-state index in [1.165, 1.54) is 0 Å². The van der Waals surface area contributed by atoms with Crippen molar-refractivity contribution in [1.29, 1.82) is 0 Å². The zero-order chi connectivity index (χ0) is 14.7. The third-order valence-corrected chi connectivity index (χ3v) is 2.44. The van der Waals surface area contributed by atoms with Crippen LogP contribution in [0, 0.1) is 0 Å². The van der Waals surface area contributed by atoms with Gasteiger partial charge in [-0.3, -0.25) is 0 Å². The first-order valence-electron chi connectivity index (χ1n) is 7.10. The Kier molecular flexibility index (Phi) is 11.5. The van der Waals surface area contributed by atoms with E-state index >= 15 is 0 Å². The molecule has 0 rings (SSSR count). The highest BCUT2D eigenvalue weighted by Crippen LogP contribution is 2.07. The molecule has 5 nitrogen and oxygen atoms in total. The van der Waals surface area contributed by atoms with Crippen LogP contribution >= 0.6 is 0 Å². The van der Waals surface area contributed by atoms with Crippen molar-refractivity contribution in [3.05, 3.63) is 0 Å². The Bertz CT molecular complexity index is 176. The zero-order valence-corrected chi connectivity index (χ0v) is 12.7. The van der Waals surface area contributed by atoms with E-state index in [0.29, 0.717) is 26.1 Å². The van der Waals surface area contributed by atoms with Crippen LogP contribution in [0.2, 0.25) is 0 Å². The van der Waals surface area contributed by atoms with E-state index in [0.717, 1.165) is 0 Å². The van der Waals surface area contributed by atoms with Gasteiger partial charge < -0.3 is 24.4 Å². The van der Waals surface area contributed by atoms with Crippen LogP contribution in [0.1, 0.15) is 40.5 Å². The quantitative estimate of drug-likeness (QED) is 0.564. The first-order valence-corrected chi connectivity index (χ1v) is 7.10. The summed E-state index contributed by atoms with van der Waals surface area (Å²) in [5, 5.41) is 17.9. The fourth-order valence-electron chi connectivity index (χ4n) is 1.77. The molecule has 0 radical (unpaired) electrons. The highest BCUT2D eigenvalue weighted by molar-refractivity contribution is 4.61. The van der Waals surface area contributed by atoms with Crippen LogP contribution in [0.25, 0.3) is 0 Å². The van der Waals surface area contributed by atoms with Crippen molar-refractivity contribution in [2.75, 3.05) is 26.4 Å². The Labute approximate surface area is 116 Å². The molecule has 116 valence electrons. The van der Waals surface area contributed by atoms with E-state index in [4.69, 9.17) is 24.4 Å². The minimum absolute atomic E-state index is 0.0866. The van der Waals surface area contributed by atoms with E-state index in [2.05, 4.69) is 0 Å². The molecule has 0 aromatic carbocycles. The number of hydrogen-bond acceptors (Lipinski definition) is 5. The molecule has 0 heterocycles. The molecule has 0 spiro atoms. The molecule has 2 unspecified atom stereocenters. The topological polar surface area (TPSA) is 68.2 Å². The molecule has 5 heteroatoms. The Morgan fingerprint density at radius 1 is 0.737 bits per heavy atom. The van der Waals surface area contributed by atoms with Gasteiger partial charge in [0, 0.05) is 13.2 Å². The monoisotopic (exact) mass is 278 g/mol. The predicted octanol–water partition coefficient (Wildman–Crippen LogP) is 1.35. The zero-order valence-electron chi connectivity index (χ0n) is 12.7. The summed E-state index contributed by atoms with van der Waals surface area (Å²) in [5.41, 5.74) is 0. The summed E-state index contributed by atoms with van der Waals surface area (Å²) in [4.78, 5) is 0. The first kappa shape index (κ1) is 18.8. The van der Waals surface area contributed by atoms with Crippen LogP contribution in [0.4, 0.5) is 0 Å². The van der Waals surface area contributed by atoms with Crippen molar-refractivity contribution >= 4 is 0 Å². The summed E-state index contributed by atoms with van der Waals surface area (Å²) in [6, 6.07) is 0. The fourth-order valence-corrected chi connectivity index (χ4v) is 1.77. The molecule has 0 bridgehead atoms. The standard InChI is InChI=1S/C14H30O5/c1-11(2)18-13(5-7-15)9-17-10-14(6-8-16)19-12(3)4/h11-16H,5-10H2,1-4H3. The Balaban J connectivity index is 3.97. The van der Waals surface area contributed by atoms with Crippen LogP contribution in [-0.4, -0.2) is 61.1 Å². The second-order valence-electron chi connectivity index (χ2n) is 5.18. The third kappa shape index (κ3) is 11.3. The van der Waals surface area contributed by atoms with Crippen molar-refractivity contribution in [2.24, 2.45) is 0 Å². The van der Waals surface area contributed by atoms with E-state index in [-0.39, 0.29) is 37.6 Å². The maximum absolute atomic E-state index is 8.97. The van der Waals surface area contributed by atoms with Gasteiger partial charge >= 0.3 is 0 Å². The summed E-state index contributed by atoms with van der Waals surface area (Å²) in [6.45, 7) is 8.88. The van der Waals surface area contributed by atoms with Gasteiger partial charge in [0.25, 0.3) is 0 Å². The summed E-state index contributed by atoms with van der Waals surface area (Å²) in [5.74, 6) is 0. The molecule has 0 saturated carbocycles. The largest absolute Gasteiger partial charge is 0.396 e. The maximum Gasteiger partial charge on any atom is 0.0833 e. The highest BCUT2D eigenvalue weighted by atomic mass is 16.6. The van der Waals surface area contributed by atoms with Crippen molar-refractivity contribution < 1.29 is 24.4 Å². The Morgan fingerprint density at radius 2 is 1.11 bits per heavy atom. The summed E-state index contributed by atoms with van der Waals surface area (Å²) in [6.07, 6.45) is 1.15. The van der Waals surface area contributed by atoms with Crippen LogP contribution < -0.4 is 0 Å². The molecule has 19 heavy (non-hydrogen) atoms. The normalized spacial score (nSPS) is 15.2. The van der Waals surface area contributed by atoms with Crippen molar-refractivity contribution in [2.45, 2.75) is 65.0 Å². The van der Waals surface area contributed by atoms with Gasteiger partial charge in [0.1, 0.15) is 0 Å². The van der Waals surface area contributed by atoms with Gasteiger partial charge in [0.05, 0.1) is 37.6 Å². The number of aliphatic hydroxyl groups excluding tert-OH is 2. The minimum Gasteiger partial charge on any atom is -0.396 e. The number of hydrogen-bond donors (Lipinski definition) is 2. The van der Waals surface area contributed by atoms with Crippen molar-refractivity contribution in [1.82, 2.24) is 0 Å². The Morgan fingerprint density at radius 3 is 1.37 bits per heavy atom. The van der Waals surface area contributed by atoms with Gasteiger partial charge in [-0.25, -0.2) is 0 Å². The lowest BCUT2D eigenvalue weighted by molar-refractivity contribution is -0.0897. The van der Waals surface area contributed by atoms with Gasteiger partial charge in [0.2, 0.25) is 0 Å². The maximum atomic E-state index is 8.97. The van der Waals surface area contributed by atoms with Crippen LogP contribution in [0.3, 0.4) is 0 Å². The third-order valence-electron chi connectivity index (χ3n) is 2.44. The molecule has 2 atom stereocenters. The lowest BCUT2D eigenvalue weighted by atomic mass is 10.2. The summed E-state index contributed by atoms with van der Waals surface area (Å²) in [7, 11) is 0. The van der Waals surface area contributed by atoms with Gasteiger partial charge in [-0.15, -0.1) is 0 Å². The lowest BCUT2D eigenvalue weighted by Gasteiger charge is -2.23. The van der Waals surface area contributed by atoms with Crippen LogP contribution in [-0.2, 0) is 14.2 Å². The fraction of sp³-hybridized carbons (Fsp3) is 1.00. The Hall–Kier alpha value is -0.200. The summed E-state index contributed by atoms with van der Waals surface area (Å²) >= 11 is 0. The molecular formula is C14H30O5. The number of aliphatic hydroxyl groups is 2. The molecule has 0 saturated heterocycles. The smallest absolute Gasteiger partial charge is 0.0833 e. The molecular weight excluding hydrogens is 248 g/mol. The van der Waals surface area contributed by atoms with Gasteiger partial charge in [-0.2, -0.15) is 0 Å².